The average molecular weight is 365 g/mol. The van der Waals surface area contributed by atoms with E-state index in [4.69, 9.17) is 16.3 Å². The van der Waals surface area contributed by atoms with Gasteiger partial charge in [0.2, 0.25) is 5.91 Å². The average Bonchev–Trinajstić information content (AvgIpc) is 2.63. The highest BCUT2D eigenvalue weighted by atomic mass is 35.5. The predicted octanol–water partition coefficient (Wildman–Crippen LogP) is 2.63. The summed E-state index contributed by atoms with van der Waals surface area (Å²) in [5.74, 6) is 0.266. The van der Waals surface area contributed by atoms with E-state index >= 15 is 0 Å². The van der Waals surface area contributed by atoms with Gasteiger partial charge in [0.15, 0.2) is 5.78 Å². The Kier molecular flexibility index (Phi) is 6.45. The number of carbonyl (C=O) groups excluding carboxylic acids is 2. The summed E-state index contributed by atoms with van der Waals surface area (Å²) in [5, 5.41) is 0.630. The molecule has 1 aromatic carbocycles. The first-order valence-corrected chi connectivity index (χ1v) is 9.40. The highest BCUT2D eigenvalue weighted by Crippen LogP contribution is 2.17. The van der Waals surface area contributed by atoms with Gasteiger partial charge in [0.25, 0.3) is 0 Å². The standard InChI is InChI=1S/C19H25ClN2O3/c20-16-6-4-15(5-7-16)18(23)14-21-8-10-22(11-9-21)19(24)13-17-3-1-2-12-25-17/h4-7,17H,1-3,8-14H2. The lowest BCUT2D eigenvalue weighted by atomic mass is 10.1. The third-order valence-corrected chi connectivity index (χ3v) is 5.19. The number of ketones is 1. The van der Waals surface area contributed by atoms with Gasteiger partial charge in [-0.05, 0) is 43.5 Å². The molecule has 136 valence electrons. The largest absolute Gasteiger partial charge is 0.378 e. The summed E-state index contributed by atoms with van der Waals surface area (Å²) in [4.78, 5) is 28.7. The number of nitrogens with zero attached hydrogens (tertiary/aromatic N) is 2. The molecular formula is C19H25ClN2O3. The van der Waals surface area contributed by atoms with Crippen molar-refractivity contribution >= 4 is 23.3 Å². The number of benzene rings is 1. The Morgan fingerprint density at radius 1 is 1.08 bits per heavy atom. The first kappa shape index (κ1) is 18.4. The van der Waals surface area contributed by atoms with E-state index in [1.807, 2.05) is 4.90 Å². The number of hydrogen-bond acceptors (Lipinski definition) is 4. The van der Waals surface area contributed by atoms with Crippen molar-refractivity contribution in [3.63, 3.8) is 0 Å². The number of halogens is 1. The smallest absolute Gasteiger partial charge is 0.225 e. The minimum Gasteiger partial charge on any atom is -0.378 e. The minimum absolute atomic E-state index is 0.0887. The molecule has 2 aliphatic heterocycles. The summed E-state index contributed by atoms with van der Waals surface area (Å²) in [7, 11) is 0. The van der Waals surface area contributed by atoms with Gasteiger partial charge in [0.1, 0.15) is 0 Å². The molecule has 5 nitrogen and oxygen atoms in total. The second-order valence-electron chi connectivity index (χ2n) is 6.78. The van der Waals surface area contributed by atoms with Crippen LogP contribution in [0.4, 0.5) is 0 Å². The van der Waals surface area contributed by atoms with Gasteiger partial charge in [-0.15, -0.1) is 0 Å². The van der Waals surface area contributed by atoms with E-state index in [0.29, 0.717) is 36.6 Å². The van der Waals surface area contributed by atoms with E-state index in [1.54, 1.807) is 24.3 Å². The van der Waals surface area contributed by atoms with Crippen LogP contribution in [0.3, 0.4) is 0 Å². The molecule has 2 saturated heterocycles. The van der Waals surface area contributed by atoms with Crippen molar-refractivity contribution in [3.05, 3.63) is 34.9 Å². The summed E-state index contributed by atoms with van der Waals surface area (Å²) in [6, 6.07) is 6.99. The van der Waals surface area contributed by atoms with Crippen molar-refractivity contribution in [2.24, 2.45) is 0 Å². The van der Waals surface area contributed by atoms with Crippen LogP contribution in [0.5, 0.6) is 0 Å². The van der Waals surface area contributed by atoms with Gasteiger partial charge in [0, 0.05) is 43.4 Å². The third kappa shape index (κ3) is 5.27. The molecular weight excluding hydrogens is 340 g/mol. The monoisotopic (exact) mass is 364 g/mol. The Bertz CT molecular complexity index is 591. The normalized spacial score (nSPS) is 22.0. The number of carbonyl (C=O) groups is 2. The maximum atomic E-state index is 12.4. The summed E-state index contributed by atoms with van der Waals surface area (Å²) in [6.45, 7) is 3.99. The van der Waals surface area contributed by atoms with Crippen LogP contribution in [0.1, 0.15) is 36.0 Å². The van der Waals surface area contributed by atoms with Gasteiger partial charge in [-0.25, -0.2) is 0 Å². The Morgan fingerprint density at radius 2 is 1.80 bits per heavy atom. The molecule has 0 saturated carbocycles. The van der Waals surface area contributed by atoms with Crippen molar-refractivity contribution in [3.8, 4) is 0 Å². The van der Waals surface area contributed by atoms with Gasteiger partial charge in [0.05, 0.1) is 19.1 Å². The molecule has 1 unspecified atom stereocenters. The Balaban J connectivity index is 1.42. The van der Waals surface area contributed by atoms with Crippen molar-refractivity contribution in [2.45, 2.75) is 31.8 Å². The fourth-order valence-corrected chi connectivity index (χ4v) is 3.50. The van der Waals surface area contributed by atoms with Crippen LogP contribution in [0.25, 0.3) is 0 Å². The lowest BCUT2D eigenvalue weighted by Crippen LogP contribution is -2.50. The molecule has 3 rings (SSSR count). The van der Waals surface area contributed by atoms with E-state index < -0.39 is 0 Å². The zero-order chi connectivity index (χ0) is 17.6. The van der Waals surface area contributed by atoms with E-state index in [-0.39, 0.29) is 17.8 Å². The van der Waals surface area contributed by atoms with Gasteiger partial charge in [-0.2, -0.15) is 0 Å². The SMILES string of the molecule is O=C(CN1CCN(C(=O)CC2CCCCO2)CC1)c1ccc(Cl)cc1. The van der Waals surface area contributed by atoms with E-state index in [1.165, 1.54) is 0 Å². The molecule has 0 N–H and O–H groups in total. The summed E-state index contributed by atoms with van der Waals surface area (Å²) >= 11 is 5.86. The summed E-state index contributed by atoms with van der Waals surface area (Å²) < 4.78 is 5.66. The van der Waals surface area contributed by atoms with Gasteiger partial charge in [-0.1, -0.05) is 11.6 Å². The molecule has 1 atom stereocenters. The molecule has 0 aromatic heterocycles. The Labute approximate surface area is 153 Å². The molecule has 25 heavy (non-hydrogen) atoms. The van der Waals surface area contributed by atoms with Crippen LogP contribution in [0, 0.1) is 0 Å². The number of piperazine rings is 1. The molecule has 6 heteroatoms. The van der Waals surface area contributed by atoms with Crippen LogP contribution in [-0.2, 0) is 9.53 Å². The predicted molar refractivity (Wildman–Crippen MR) is 97.0 cm³/mol. The highest BCUT2D eigenvalue weighted by Gasteiger charge is 2.25. The second kappa shape index (κ2) is 8.79. The molecule has 0 bridgehead atoms. The number of ether oxygens (including phenoxy) is 1. The topological polar surface area (TPSA) is 49.9 Å². The van der Waals surface area contributed by atoms with Crippen LogP contribution < -0.4 is 0 Å². The van der Waals surface area contributed by atoms with E-state index in [9.17, 15) is 9.59 Å². The fraction of sp³-hybridized carbons (Fsp3) is 0.579. The maximum absolute atomic E-state index is 12.4. The molecule has 1 amide bonds. The molecule has 0 aliphatic carbocycles. The minimum atomic E-state index is 0.0887. The molecule has 2 heterocycles. The number of hydrogen-bond donors (Lipinski definition) is 0. The van der Waals surface area contributed by atoms with E-state index in [2.05, 4.69) is 4.90 Å². The number of Topliss-reactive ketones (excluding diaryl/α,β-unsaturated/α-hetero) is 1. The van der Waals surface area contributed by atoms with Crippen molar-refractivity contribution in [1.82, 2.24) is 9.80 Å². The second-order valence-corrected chi connectivity index (χ2v) is 7.22. The Hall–Kier alpha value is -1.43. The third-order valence-electron chi connectivity index (χ3n) is 4.93. The Morgan fingerprint density at radius 3 is 2.44 bits per heavy atom. The van der Waals surface area contributed by atoms with E-state index in [0.717, 1.165) is 39.0 Å². The molecule has 0 radical (unpaired) electrons. The van der Waals surface area contributed by atoms with Crippen molar-refractivity contribution in [2.75, 3.05) is 39.3 Å². The van der Waals surface area contributed by atoms with Crippen molar-refractivity contribution < 1.29 is 14.3 Å². The van der Waals surface area contributed by atoms with Crippen molar-refractivity contribution in [1.29, 1.82) is 0 Å². The zero-order valence-electron chi connectivity index (χ0n) is 14.5. The molecule has 1 aromatic rings. The lowest BCUT2D eigenvalue weighted by Gasteiger charge is -2.35. The quantitative estimate of drug-likeness (QED) is 0.754. The zero-order valence-corrected chi connectivity index (χ0v) is 15.2. The lowest BCUT2D eigenvalue weighted by molar-refractivity contribution is -0.136. The first-order chi connectivity index (χ1) is 12.1. The molecule has 2 aliphatic rings. The van der Waals surface area contributed by atoms with Crippen LogP contribution >= 0.6 is 11.6 Å². The summed E-state index contributed by atoms with van der Waals surface area (Å²) in [5.41, 5.74) is 0.678. The fourth-order valence-electron chi connectivity index (χ4n) is 3.38. The van der Waals surface area contributed by atoms with Gasteiger partial charge in [-0.3, -0.25) is 14.5 Å². The number of rotatable bonds is 5. The molecule has 0 spiro atoms. The summed E-state index contributed by atoms with van der Waals surface area (Å²) in [6.07, 6.45) is 3.82. The van der Waals surface area contributed by atoms with Crippen LogP contribution in [0.15, 0.2) is 24.3 Å². The van der Waals surface area contributed by atoms with Crippen LogP contribution in [-0.4, -0.2) is 66.9 Å². The maximum Gasteiger partial charge on any atom is 0.225 e. The van der Waals surface area contributed by atoms with Gasteiger partial charge < -0.3 is 9.64 Å². The number of amides is 1. The highest BCUT2D eigenvalue weighted by molar-refractivity contribution is 6.30. The van der Waals surface area contributed by atoms with Gasteiger partial charge >= 0.3 is 0 Å². The first-order valence-electron chi connectivity index (χ1n) is 9.02. The van der Waals surface area contributed by atoms with Crippen LogP contribution in [0.2, 0.25) is 5.02 Å². The molecule has 2 fully saturated rings.